The summed E-state index contributed by atoms with van der Waals surface area (Å²) in [6.07, 6.45) is 3.58. The average molecular weight is 473 g/mol. The number of allylic oxidation sites excluding steroid dienone is 1. The van der Waals surface area contributed by atoms with Crippen LogP contribution in [0.5, 0.6) is 0 Å². The van der Waals surface area contributed by atoms with Gasteiger partial charge in [0.15, 0.2) is 0 Å². The number of nitrogens with two attached hydrogens (primary N) is 1. The van der Waals surface area contributed by atoms with Gasteiger partial charge in [-0.3, -0.25) is 4.72 Å². The number of rotatable bonds is 9. The molecule has 0 radical (unpaired) electrons. The molecule has 1 fully saturated rings. The zero-order valence-corrected chi connectivity index (χ0v) is 20.5. The van der Waals surface area contributed by atoms with E-state index in [0.717, 1.165) is 44.0 Å². The van der Waals surface area contributed by atoms with Crippen molar-refractivity contribution in [2.75, 3.05) is 31.7 Å². The average Bonchev–Trinajstić information content (AvgIpc) is 2.84. The number of hydrogen-bond acceptors (Lipinski definition) is 8. The number of aliphatic hydroxyl groups excluding tert-OH is 2. The second-order valence-corrected chi connectivity index (χ2v) is 8.79. The number of nitrogens with zero attached hydrogens (tertiary/aromatic N) is 2. The van der Waals surface area contributed by atoms with Crippen molar-refractivity contribution in [1.82, 2.24) is 4.72 Å². The van der Waals surface area contributed by atoms with Crippen molar-refractivity contribution in [2.45, 2.75) is 51.5 Å². The van der Waals surface area contributed by atoms with Gasteiger partial charge in [-0.2, -0.15) is 5.26 Å². The van der Waals surface area contributed by atoms with Crippen molar-refractivity contribution in [1.29, 1.82) is 5.26 Å². The molecule has 3 unspecified atom stereocenters. The summed E-state index contributed by atoms with van der Waals surface area (Å²) in [5.74, 6) is 0. The van der Waals surface area contributed by atoms with Gasteiger partial charge in [0.1, 0.15) is 17.2 Å². The van der Waals surface area contributed by atoms with Crippen molar-refractivity contribution >= 4 is 34.5 Å². The van der Waals surface area contributed by atoms with Crippen LogP contribution in [-0.2, 0) is 4.74 Å². The molecule has 2 aromatic carbocycles. The standard InChI is InChI=1S/C24H32N4O2S.CH4O/c1-3-9-28(10-4-2)20-8-7-18-11-17(5-6-19(18)13-20)12-22(15-25)31-27-23-14-21(29)16-30-24(23)26;1-2/h5-8,11-13,21,23-24,27,29H,3-4,9-10,14,16,26H2,1-2H3;2H,1H3/b22-12+;. The summed E-state index contributed by atoms with van der Waals surface area (Å²) in [5.41, 5.74) is 8.16. The number of fused-ring (bicyclic) bond motifs is 1. The number of ether oxygens (including phenoxy) is 1. The second-order valence-electron chi connectivity index (χ2n) is 7.91. The number of anilines is 1. The number of nitrogens with one attached hydrogen (secondary N) is 1. The molecule has 0 bridgehead atoms. The first-order chi connectivity index (χ1) is 16.0. The molecule has 0 amide bonds. The summed E-state index contributed by atoms with van der Waals surface area (Å²) in [7, 11) is 1.00. The quantitative estimate of drug-likeness (QED) is 0.323. The van der Waals surface area contributed by atoms with E-state index in [2.05, 4.69) is 59.9 Å². The summed E-state index contributed by atoms with van der Waals surface area (Å²) in [5, 5.41) is 28.6. The molecule has 8 heteroatoms. The van der Waals surface area contributed by atoms with Crippen molar-refractivity contribution in [3.8, 4) is 6.07 Å². The van der Waals surface area contributed by atoms with Crippen LogP contribution in [0, 0.1) is 11.3 Å². The molecule has 33 heavy (non-hydrogen) atoms. The largest absolute Gasteiger partial charge is 0.400 e. The van der Waals surface area contributed by atoms with E-state index in [0.29, 0.717) is 11.3 Å². The number of nitriles is 1. The minimum atomic E-state index is -0.539. The third-order valence-electron chi connectivity index (χ3n) is 5.33. The molecule has 1 aliphatic rings. The lowest BCUT2D eigenvalue weighted by Gasteiger charge is -2.31. The molecular formula is C25H36N4O3S. The maximum atomic E-state index is 9.76. The van der Waals surface area contributed by atoms with Gasteiger partial charge in [0.05, 0.1) is 18.8 Å². The summed E-state index contributed by atoms with van der Waals surface area (Å²) >= 11 is 1.22. The van der Waals surface area contributed by atoms with E-state index in [9.17, 15) is 10.4 Å². The molecule has 0 saturated carbocycles. The molecule has 3 rings (SSSR count). The highest BCUT2D eigenvalue weighted by Gasteiger charge is 2.27. The van der Waals surface area contributed by atoms with Gasteiger partial charge in [-0.15, -0.1) is 0 Å². The van der Waals surface area contributed by atoms with Crippen LogP contribution in [0.2, 0.25) is 0 Å². The fourth-order valence-corrected chi connectivity index (χ4v) is 4.52. The van der Waals surface area contributed by atoms with Crippen molar-refractivity contribution in [3.05, 3.63) is 46.9 Å². The molecule has 0 aromatic heterocycles. The van der Waals surface area contributed by atoms with Gasteiger partial charge >= 0.3 is 0 Å². The highest BCUT2D eigenvalue weighted by atomic mass is 32.2. The summed E-state index contributed by atoms with van der Waals surface area (Å²) < 4.78 is 8.50. The Morgan fingerprint density at radius 1 is 1.21 bits per heavy atom. The molecule has 7 nitrogen and oxygen atoms in total. The van der Waals surface area contributed by atoms with Gasteiger partial charge < -0.3 is 25.6 Å². The normalized spacial score (nSPS) is 20.6. The fourth-order valence-electron chi connectivity index (χ4n) is 3.77. The monoisotopic (exact) mass is 472 g/mol. The Bertz CT molecular complexity index is 941. The molecule has 2 aromatic rings. The second kappa shape index (κ2) is 14.2. The van der Waals surface area contributed by atoms with E-state index in [1.807, 2.05) is 12.1 Å². The first-order valence-electron chi connectivity index (χ1n) is 11.4. The third kappa shape index (κ3) is 8.00. The van der Waals surface area contributed by atoms with Gasteiger partial charge in [0, 0.05) is 25.9 Å². The topological polar surface area (TPSA) is 115 Å². The van der Waals surface area contributed by atoms with E-state index in [-0.39, 0.29) is 12.6 Å². The first-order valence-corrected chi connectivity index (χ1v) is 12.2. The van der Waals surface area contributed by atoms with Crippen LogP contribution in [0.1, 0.15) is 38.7 Å². The molecule has 1 heterocycles. The van der Waals surface area contributed by atoms with Gasteiger partial charge in [0.2, 0.25) is 0 Å². The molecule has 1 saturated heterocycles. The number of hydrogen-bond donors (Lipinski definition) is 4. The maximum Gasteiger partial charge on any atom is 0.122 e. The van der Waals surface area contributed by atoms with Crippen LogP contribution in [0.15, 0.2) is 41.3 Å². The minimum Gasteiger partial charge on any atom is -0.400 e. The summed E-state index contributed by atoms with van der Waals surface area (Å²) in [6, 6.07) is 14.8. The van der Waals surface area contributed by atoms with Gasteiger partial charge in [-0.1, -0.05) is 32.0 Å². The Balaban J connectivity index is 0.00000187. The van der Waals surface area contributed by atoms with Crippen LogP contribution in [0.4, 0.5) is 5.69 Å². The molecule has 1 aliphatic heterocycles. The van der Waals surface area contributed by atoms with Crippen LogP contribution in [0.3, 0.4) is 0 Å². The molecular weight excluding hydrogens is 436 g/mol. The summed E-state index contributed by atoms with van der Waals surface area (Å²) in [4.78, 5) is 2.96. The van der Waals surface area contributed by atoms with Crippen LogP contribution in [-0.4, -0.2) is 55.4 Å². The first kappa shape index (κ1) is 27.1. The lowest BCUT2D eigenvalue weighted by molar-refractivity contribution is -0.0664. The highest BCUT2D eigenvalue weighted by Crippen LogP contribution is 2.26. The Hall–Kier alpha value is -2.12. The van der Waals surface area contributed by atoms with Crippen LogP contribution in [0.25, 0.3) is 16.8 Å². The van der Waals surface area contributed by atoms with Gasteiger partial charge in [-0.25, -0.2) is 0 Å². The van der Waals surface area contributed by atoms with Crippen LogP contribution < -0.4 is 15.4 Å². The van der Waals surface area contributed by atoms with E-state index >= 15 is 0 Å². The molecule has 0 aliphatic carbocycles. The Morgan fingerprint density at radius 2 is 1.88 bits per heavy atom. The van der Waals surface area contributed by atoms with E-state index in [1.165, 1.54) is 23.0 Å². The van der Waals surface area contributed by atoms with Gasteiger partial charge in [0.25, 0.3) is 0 Å². The predicted octanol–water partition coefficient (Wildman–Crippen LogP) is 3.61. The molecule has 180 valence electrons. The Labute approximate surface area is 201 Å². The predicted molar refractivity (Wildman–Crippen MR) is 138 cm³/mol. The van der Waals surface area contributed by atoms with E-state index in [1.54, 1.807) is 0 Å². The molecule has 5 N–H and O–H groups in total. The SMILES string of the molecule is CCCN(CCC)c1ccc2cc(/C=C(\C#N)SNC3CC(O)COC3N)ccc2c1.CO. The van der Waals surface area contributed by atoms with Gasteiger partial charge in [-0.05, 0) is 71.8 Å². The zero-order chi connectivity index (χ0) is 24.2. The smallest absolute Gasteiger partial charge is 0.122 e. The number of benzene rings is 2. The summed E-state index contributed by atoms with van der Waals surface area (Å²) in [6.45, 7) is 6.78. The highest BCUT2D eigenvalue weighted by molar-refractivity contribution is 8.01. The maximum absolute atomic E-state index is 9.76. The van der Waals surface area contributed by atoms with Crippen LogP contribution >= 0.6 is 11.9 Å². The molecule has 0 spiro atoms. The minimum absolute atomic E-state index is 0.213. The Morgan fingerprint density at radius 3 is 2.55 bits per heavy atom. The number of aliphatic hydroxyl groups is 2. The lowest BCUT2D eigenvalue weighted by Crippen LogP contribution is -2.51. The molecule has 3 atom stereocenters. The van der Waals surface area contributed by atoms with Crippen molar-refractivity contribution < 1.29 is 14.9 Å². The Kier molecular flexibility index (Phi) is 11.7. The van der Waals surface area contributed by atoms with E-state index < -0.39 is 12.3 Å². The van der Waals surface area contributed by atoms with Crippen molar-refractivity contribution in [3.63, 3.8) is 0 Å². The lowest BCUT2D eigenvalue weighted by atomic mass is 10.1. The third-order valence-corrected chi connectivity index (χ3v) is 6.18. The van der Waals surface area contributed by atoms with Crippen molar-refractivity contribution in [2.24, 2.45) is 5.73 Å². The fraction of sp³-hybridized carbons (Fsp3) is 0.480. The van der Waals surface area contributed by atoms with E-state index in [4.69, 9.17) is 15.6 Å². The zero-order valence-electron chi connectivity index (χ0n) is 19.7.